The molecule has 0 fully saturated rings. The van der Waals surface area contributed by atoms with Gasteiger partial charge in [-0.05, 0) is 36.4 Å². The Labute approximate surface area is 120 Å². The fraction of sp³-hybridized carbons (Fsp3) is 0. The lowest BCUT2D eigenvalue weighted by molar-refractivity contribution is 0.475. The molecular weight excluding hydrogens is 309 g/mol. The van der Waals surface area contributed by atoms with Crippen molar-refractivity contribution >= 4 is 38.9 Å². The summed E-state index contributed by atoms with van der Waals surface area (Å²) in [5.74, 6) is -0.0188. The van der Waals surface area contributed by atoms with Crippen LogP contribution in [0.1, 0.15) is 0 Å². The van der Waals surface area contributed by atoms with E-state index < -0.39 is 10.0 Å². The number of halogens is 2. The van der Waals surface area contributed by atoms with E-state index in [9.17, 15) is 8.42 Å². The van der Waals surface area contributed by atoms with Crippen molar-refractivity contribution in [1.29, 1.82) is 0 Å². The van der Waals surface area contributed by atoms with Crippen LogP contribution in [0.4, 0.5) is 5.69 Å². The summed E-state index contributed by atoms with van der Waals surface area (Å²) in [6.07, 6.45) is 0. The van der Waals surface area contributed by atoms with E-state index in [0.29, 0.717) is 0 Å². The molecule has 2 rings (SSSR count). The smallest absolute Gasteiger partial charge is 0.261 e. The van der Waals surface area contributed by atoms with Crippen molar-refractivity contribution in [2.45, 2.75) is 4.90 Å². The summed E-state index contributed by atoms with van der Waals surface area (Å²) in [4.78, 5) is 0.00119. The third-order valence-corrected chi connectivity index (χ3v) is 4.34. The fourth-order valence-corrected chi connectivity index (χ4v) is 3.12. The van der Waals surface area contributed by atoms with Crippen molar-refractivity contribution in [2.24, 2.45) is 0 Å². The molecule has 0 atom stereocenters. The minimum Gasteiger partial charge on any atom is -0.508 e. The Morgan fingerprint density at radius 3 is 2.00 bits per heavy atom. The lowest BCUT2D eigenvalue weighted by atomic mass is 10.3. The Bertz CT molecular complexity index is 679. The molecular formula is C12H9Cl2NO3S. The zero-order chi connectivity index (χ0) is 14.0. The number of hydrogen-bond acceptors (Lipinski definition) is 3. The number of nitrogens with one attached hydrogen (secondary N) is 1. The van der Waals surface area contributed by atoms with Crippen molar-refractivity contribution in [2.75, 3.05) is 4.72 Å². The molecule has 0 aliphatic heterocycles. The van der Waals surface area contributed by atoms with Crippen molar-refractivity contribution < 1.29 is 13.5 Å². The van der Waals surface area contributed by atoms with E-state index in [1.165, 1.54) is 36.4 Å². The van der Waals surface area contributed by atoms with Gasteiger partial charge in [0, 0.05) is 0 Å². The molecule has 0 aliphatic carbocycles. The van der Waals surface area contributed by atoms with Gasteiger partial charge in [0.15, 0.2) is 0 Å². The van der Waals surface area contributed by atoms with Crippen LogP contribution in [0, 0.1) is 0 Å². The minimum absolute atomic E-state index is 0.00119. The number of aromatic hydroxyl groups is 1. The van der Waals surface area contributed by atoms with Gasteiger partial charge in [-0.1, -0.05) is 29.3 Å². The number of phenolic OH excluding ortho intramolecular Hbond substituents is 1. The quantitative estimate of drug-likeness (QED) is 0.910. The standard InChI is InChI=1S/C12H9Cl2NO3S/c13-10-2-1-3-11(14)12(10)15-19(17,18)9-6-4-8(16)5-7-9/h1-7,15-16H. The third kappa shape index (κ3) is 3.12. The number of para-hydroxylation sites is 1. The molecule has 0 spiro atoms. The first-order valence-electron chi connectivity index (χ1n) is 5.16. The predicted molar refractivity (Wildman–Crippen MR) is 75.4 cm³/mol. The molecule has 4 nitrogen and oxygen atoms in total. The third-order valence-electron chi connectivity index (χ3n) is 2.35. The molecule has 0 bridgehead atoms. The lowest BCUT2D eigenvalue weighted by Gasteiger charge is -2.11. The van der Waals surface area contributed by atoms with Gasteiger partial charge in [-0.3, -0.25) is 4.72 Å². The van der Waals surface area contributed by atoms with Crippen molar-refractivity contribution in [3.63, 3.8) is 0 Å². The molecule has 0 unspecified atom stereocenters. The van der Waals surface area contributed by atoms with Gasteiger partial charge in [0.2, 0.25) is 0 Å². The Balaban J connectivity index is 2.39. The van der Waals surface area contributed by atoms with Gasteiger partial charge in [-0.2, -0.15) is 0 Å². The molecule has 0 aromatic heterocycles. The number of anilines is 1. The van der Waals surface area contributed by atoms with Crippen LogP contribution in [0.15, 0.2) is 47.4 Å². The summed E-state index contributed by atoms with van der Waals surface area (Å²) >= 11 is 11.8. The van der Waals surface area contributed by atoms with E-state index in [0.717, 1.165) is 0 Å². The minimum atomic E-state index is -3.81. The van der Waals surface area contributed by atoms with Crippen molar-refractivity contribution in [3.05, 3.63) is 52.5 Å². The molecule has 100 valence electrons. The van der Waals surface area contributed by atoms with E-state index in [4.69, 9.17) is 28.3 Å². The molecule has 2 N–H and O–H groups in total. The first kappa shape index (κ1) is 14.0. The van der Waals surface area contributed by atoms with E-state index in [-0.39, 0.29) is 26.4 Å². The van der Waals surface area contributed by atoms with Crippen LogP contribution in [-0.4, -0.2) is 13.5 Å². The van der Waals surface area contributed by atoms with E-state index in [1.54, 1.807) is 6.07 Å². The highest BCUT2D eigenvalue weighted by Crippen LogP contribution is 2.31. The first-order valence-corrected chi connectivity index (χ1v) is 7.40. The SMILES string of the molecule is O=S(=O)(Nc1c(Cl)cccc1Cl)c1ccc(O)cc1. The van der Waals surface area contributed by atoms with Gasteiger partial charge in [0.25, 0.3) is 10.0 Å². The molecule has 0 saturated heterocycles. The molecule has 19 heavy (non-hydrogen) atoms. The average Bonchev–Trinajstić information content (AvgIpc) is 2.35. The van der Waals surface area contributed by atoms with Gasteiger partial charge in [-0.15, -0.1) is 0 Å². The number of benzene rings is 2. The van der Waals surface area contributed by atoms with Gasteiger partial charge in [0.05, 0.1) is 20.6 Å². The maximum atomic E-state index is 12.1. The maximum Gasteiger partial charge on any atom is 0.261 e. The molecule has 0 amide bonds. The molecule has 0 radical (unpaired) electrons. The van der Waals surface area contributed by atoms with Crippen molar-refractivity contribution in [1.82, 2.24) is 0 Å². The Morgan fingerprint density at radius 2 is 1.47 bits per heavy atom. The summed E-state index contributed by atoms with van der Waals surface area (Å²) in [6.45, 7) is 0. The fourth-order valence-electron chi connectivity index (χ4n) is 1.41. The van der Waals surface area contributed by atoms with Crippen LogP contribution in [0.3, 0.4) is 0 Å². The Morgan fingerprint density at radius 1 is 0.947 bits per heavy atom. The largest absolute Gasteiger partial charge is 0.508 e. The second-order valence-corrected chi connectivity index (χ2v) is 6.19. The summed E-state index contributed by atoms with van der Waals surface area (Å²) in [5.41, 5.74) is 0.124. The summed E-state index contributed by atoms with van der Waals surface area (Å²) in [6, 6.07) is 9.80. The van der Waals surface area contributed by atoms with Gasteiger partial charge in [-0.25, -0.2) is 8.42 Å². The summed E-state index contributed by atoms with van der Waals surface area (Å²) < 4.78 is 26.5. The van der Waals surface area contributed by atoms with Crippen LogP contribution in [0.2, 0.25) is 10.0 Å². The number of hydrogen-bond donors (Lipinski definition) is 2. The molecule has 0 heterocycles. The summed E-state index contributed by atoms with van der Waals surface area (Å²) in [7, 11) is -3.81. The number of phenols is 1. The molecule has 2 aromatic rings. The Kier molecular flexibility index (Phi) is 3.89. The lowest BCUT2D eigenvalue weighted by Crippen LogP contribution is -2.13. The number of sulfonamides is 1. The molecule has 7 heteroatoms. The average molecular weight is 318 g/mol. The van der Waals surface area contributed by atoms with Crippen LogP contribution in [0.25, 0.3) is 0 Å². The van der Waals surface area contributed by atoms with Crippen LogP contribution in [0.5, 0.6) is 5.75 Å². The predicted octanol–water partition coefficient (Wildman–Crippen LogP) is 3.50. The van der Waals surface area contributed by atoms with Crippen LogP contribution in [-0.2, 0) is 10.0 Å². The van der Waals surface area contributed by atoms with E-state index in [1.807, 2.05) is 0 Å². The van der Waals surface area contributed by atoms with Crippen LogP contribution >= 0.6 is 23.2 Å². The van der Waals surface area contributed by atoms with E-state index in [2.05, 4.69) is 4.72 Å². The van der Waals surface area contributed by atoms with Gasteiger partial charge in [0.1, 0.15) is 5.75 Å². The Hall–Kier alpha value is -1.43. The highest BCUT2D eigenvalue weighted by Gasteiger charge is 2.17. The van der Waals surface area contributed by atoms with E-state index >= 15 is 0 Å². The highest BCUT2D eigenvalue weighted by molar-refractivity contribution is 7.92. The topological polar surface area (TPSA) is 66.4 Å². The van der Waals surface area contributed by atoms with Crippen molar-refractivity contribution in [3.8, 4) is 5.75 Å². The first-order chi connectivity index (χ1) is 8.90. The highest BCUT2D eigenvalue weighted by atomic mass is 35.5. The molecule has 2 aromatic carbocycles. The number of rotatable bonds is 3. The summed E-state index contributed by atoms with van der Waals surface area (Å²) in [5, 5.41) is 9.55. The second-order valence-electron chi connectivity index (χ2n) is 3.70. The maximum absolute atomic E-state index is 12.1. The zero-order valence-electron chi connectivity index (χ0n) is 9.47. The second kappa shape index (κ2) is 5.28. The molecule has 0 aliphatic rings. The molecule has 0 saturated carbocycles. The zero-order valence-corrected chi connectivity index (χ0v) is 11.8. The van der Waals surface area contributed by atoms with Gasteiger partial charge < -0.3 is 5.11 Å². The van der Waals surface area contributed by atoms with Crippen LogP contribution < -0.4 is 4.72 Å². The van der Waals surface area contributed by atoms with Gasteiger partial charge >= 0.3 is 0 Å². The normalized spacial score (nSPS) is 11.3. The monoisotopic (exact) mass is 317 g/mol.